The van der Waals surface area contributed by atoms with E-state index in [1.807, 2.05) is 6.92 Å². The molecule has 0 aliphatic heterocycles. The molecule has 37 heavy (non-hydrogen) atoms. The minimum absolute atomic E-state index is 0.0350. The van der Waals surface area contributed by atoms with Gasteiger partial charge in [0, 0.05) is 18.5 Å². The van der Waals surface area contributed by atoms with Crippen molar-refractivity contribution < 1.29 is 9.90 Å². The van der Waals surface area contributed by atoms with Gasteiger partial charge in [0.25, 0.3) is 5.56 Å². The minimum Gasteiger partial charge on any atom is -0.478 e. The van der Waals surface area contributed by atoms with E-state index in [4.69, 9.17) is 10.1 Å². The molecule has 1 aromatic carbocycles. The summed E-state index contributed by atoms with van der Waals surface area (Å²) in [5.41, 5.74) is 4.49. The summed E-state index contributed by atoms with van der Waals surface area (Å²) in [5, 5.41) is 12.3. The highest BCUT2D eigenvalue weighted by Crippen LogP contribution is 2.43. The number of aryl methyl sites for hydroxylation is 1. The van der Waals surface area contributed by atoms with Gasteiger partial charge in [-0.05, 0) is 63.1 Å². The molecule has 3 heterocycles. The summed E-state index contributed by atoms with van der Waals surface area (Å²) in [6.07, 6.45) is 7.60. The van der Waals surface area contributed by atoms with E-state index in [2.05, 4.69) is 32.2 Å². The Balaban J connectivity index is 1.41. The first-order chi connectivity index (χ1) is 17.9. The van der Waals surface area contributed by atoms with Gasteiger partial charge >= 0.3 is 5.97 Å². The van der Waals surface area contributed by atoms with E-state index in [9.17, 15) is 9.59 Å². The monoisotopic (exact) mass is 497 g/mol. The number of hydrogen-bond acceptors (Lipinski definition) is 8. The molecular formula is C27H27N7O3. The van der Waals surface area contributed by atoms with Gasteiger partial charge in [0.15, 0.2) is 17.3 Å². The molecule has 10 nitrogen and oxygen atoms in total. The van der Waals surface area contributed by atoms with Gasteiger partial charge < -0.3 is 10.4 Å². The zero-order chi connectivity index (χ0) is 25.7. The highest BCUT2D eigenvalue weighted by molar-refractivity contribution is 5.87. The van der Waals surface area contributed by atoms with Crippen molar-refractivity contribution in [2.75, 3.05) is 5.32 Å². The maximum absolute atomic E-state index is 13.7. The summed E-state index contributed by atoms with van der Waals surface area (Å²) in [7, 11) is 0. The second-order valence-corrected chi connectivity index (χ2v) is 9.97. The molecule has 0 bridgehead atoms. The molecule has 2 saturated carbocycles. The lowest BCUT2D eigenvalue weighted by Gasteiger charge is -2.19. The standard InChI is InChI=1S/C27H27N7O3/c1-14-21(22(18-9-10-18)31-13-30-14)23-29-12-20-25(33-23)34(15(2)17-7-8-17)26(35)24(32-20)28-11-16-3-5-19(6-4-16)27(36)37/h3-6,12-13,15,17-18H,7-11H2,1-2H3,(H,28,32)(H,36,37). The third-order valence-electron chi connectivity index (χ3n) is 7.26. The first-order valence-electron chi connectivity index (χ1n) is 12.6. The molecule has 6 rings (SSSR count). The van der Waals surface area contributed by atoms with Crippen molar-refractivity contribution in [3.05, 3.63) is 69.7 Å². The van der Waals surface area contributed by atoms with E-state index >= 15 is 0 Å². The van der Waals surface area contributed by atoms with E-state index in [0.717, 1.165) is 48.2 Å². The van der Waals surface area contributed by atoms with Crippen molar-refractivity contribution in [1.82, 2.24) is 29.5 Å². The Morgan fingerprint density at radius 3 is 2.54 bits per heavy atom. The molecule has 4 aromatic rings. The lowest BCUT2D eigenvalue weighted by atomic mass is 10.1. The van der Waals surface area contributed by atoms with Crippen molar-refractivity contribution >= 4 is 23.0 Å². The fourth-order valence-corrected chi connectivity index (χ4v) is 4.79. The zero-order valence-electron chi connectivity index (χ0n) is 20.7. The van der Waals surface area contributed by atoms with Crippen molar-refractivity contribution in [1.29, 1.82) is 0 Å². The number of nitrogens with one attached hydrogen (secondary N) is 1. The van der Waals surface area contributed by atoms with Crippen LogP contribution in [0.4, 0.5) is 5.82 Å². The first-order valence-corrected chi connectivity index (χ1v) is 12.6. The Hall–Kier alpha value is -4.21. The van der Waals surface area contributed by atoms with Crippen LogP contribution in [0.15, 0.2) is 41.6 Å². The van der Waals surface area contributed by atoms with Crippen LogP contribution in [0, 0.1) is 12.8 Å². The minimum atomic E-state index is -0.978. The van der Waals surface area contributed by atoms with Crippen LogP contribution in [0.25, 0.3) is 22.6 Å². The second kappa shape index (κ2) is 9.02. The molecule has 2 N–H and O–H groups in total. The van der Waals surface area contributed by atoms with Crippen molar-refractivity contribution in [2.24, 2.45) is 5.92 Å². The Kier molecular flexibility index (Phi) is 5.66. The summed E-state index contributed by atoms with van der Waals surface area (Å²) >= 11 is 0. The Morgan fingerprint density at radius 1 is 1.11 bits per heavy atom. The van der Waals surface area contributed by atoms with Gasteiger partial charge in [-0.3, -0.25) is 9.36 Å². The molecule has 2 fully saturated rings. The van der Waals surface area contributed by atoms with Crippen LogP contribution >= 0.6 is 0 Å². The largest absolute Gasteiger partial charge is 0.478 e. The average Bonchev–Trinajstić information content (AvgIpc) is 3.81. The number of carboxylic acids is 1. The number of benzene rings is 1. The third-order valence-corrected chi connectivity index (χ3v) is 7.26. The lowest BCUT2D eigenvalue weighted by Crippen LogP contribution is -2.29. The van der Waals surface area contributed by atoms with Crippen LogP contribution < -0.4 is 10.9 Å². The van der Waals surface area contributed by atoms with Crippen LogP contribution in [-0.2, 0) is 6.54 Å². The molecule has 0 amide bonds. The summed E-state index contributed by atoms with van der Waals surface area (Å²) in [4.78, 5) is 47.8. The Labute approximate surface area is 212 Å². The number of carboxylic acid groups (broad SMARTS) is 1. The number of fused-ring (bicyclic) bond motifs is 1. The van der Waals surface area contributed by atoms with Crippen LogP contribution in [0.5, 0.6) is 0 Å². The van der Waals surface area contributed by atoms with Crippen LogP contribution in [0.3, 0.4) is 0 Å². The predicted octanol–water partition coefficient (Wildman–Crippen LogP) is 4.11. The summed E-state index contributed by atoms with van der Waals surface area (Å²) in [5.74, 6) is 0.578. The Morgan fingerprint density at radius 2 is 1.86 bits per heavy atom. The van der Waals surface area contributed by atoms with Gasteiger partial charge in [-0.2, -0.15) is 0 Å². The molecule has 0 saturated heterocycles. The van der Waals surface area contributed by atoms with E-state index in [1.165, 1.54) is 0 Å². The number of carbonyl (C=O) groups is 1. The fourth-order valence-electron chi connectivity index (χ4n) is 4.79. The predicted molar refractivity (Wildman–Crippen MR) is 137 cm³/mol. The highest BCUT2D eigenvalue weighted by Gasteiger charge is 2.33. The van der Waals surface area contributed by atoms with Crippen molar-refractivity contribution in [2.45, 2.75) is 58.0 Å². The maximum atomic E-state index is 13.7. The van der Waals surface area contributed by atoms with E-state index < -0.39 is 5.97 Å². The lowest BCUT2D eigenvalue weighted by molar-refractivity contribution is 0.0697. The number of aromatic carboxylic acids is 1. The SMILES string of the molecule is Cc1ncnc(C2CC2)c1-c1ncc2nc(NCc3ccc(C(=O)O)cc3)c(=O)n(C(C)C3CC3)c2n1. The molecule has 1 atom stereocenters. The van der Waals surface area contributed by atoms with E-state index in [-0.39, 0.29) is 23.0 Å². The van der Waals surface area contributed by atoms with Gasteiger partial charge in [0.05, 0.1) is 28.7 Å². The van der Waals surface area contributed by atoms with Crippen molar-refractivity contribution in [3.63, 3.8) is 0 Å². The fraction of sp³-hybridized carbons (Fsp3) is 0.370. The van der Waals surface area contributed by atoms with E-state index in [0.29, 0.717) is 35.4 Å². The number of nitrogens with zero attached hydrogens (tertiary/aromatic N) is 6. The highest BCUT2D eigenvalue weighted by atomic mass is 16.4. The third kappa shape index (κ3) is 4.43. The van der Waals surface area contributed by atoms with Crippen LogP contribution in [0.1, 0.15) is 71.9 Å². The number of anilines is 1. The second-order valence-electron chi connectivity index (χ2n) is 9.97. The molecule has 3 aromatic heterocycles. The number of hydrogen-bond donors (Lipinski definition) is 2. The van der Waals surface area contributed by atoms with Gasteiger partial charge in [-0.25, -0.2) is 29.7 Å². The van der Waals surface area contributed by atoms with E-state index in [1.54, 1.807) is 41.4 Å². The summed E-state index contributed by atoms with van der Waals surface area (Å²) in [6.45, 7) is 4.32. The molecule has 1 unspecified atom stereocenters. The molecular weight excluding hydrogens is 470 g/mol. The molecule has 0 spiro atoms. The van der Waals surface area contributed by atoms with Crippen LogP contribution in [0.2, 0.25) is 0 Å². The van der Waals surface area contributed by atoms with Gasteiger partial charge in [0.1, 0.15) is 11.8 Å². The molecule has 2 aliphatic carbocycles. The average molecular weight is 498 g/mol. The van der Waals surface area contributed by atoms with Gasteiger partial charge in [0.2, 0.25) is 0 Å². The van der Waals surface area contributed by atoms with Crippen molar-refractivity contribution in [3.8, 4) is 11.4 Å². The zero-order valence-corrected chi connectivity index (χ0v) is 20.7. The molecule has 188 valence electrons. The summed E-state index contributed by atoms with van der Waals surface area (Å²) < 4.78 is 1.75. The smallest absolute Gasteiger partial charge is 0.335 e. The number of aromatic nitrogens is 6. The quantitative estimate of drug-likeness (QED) is 0.368. The Bertz CT molecular complexity index is 1570. The topological polar surface area (TPSA) is 136 Å². The number of rotatable bonds is 8. The first kappa shape index (κ1) is 23.2. The normalized spacial score (nSPS) is 16.1. The maximum Gasteiger partial charge on any atom is 0.335 e. The van der Waals surface area contributed by atoms with Gasteiger partial charge in [-0.15, -0.1) is 0 Å². The molecule has 10 heteroatoms. The van der Waals surface area contributed by atoms with Gasteiger partial charge in [-0.1, -0.05) is 12.1 Å². The molecule has 0 radical (unpaired) electrons. The van der Waals surface area contributed by atoms with Crippen LogP contribution in [-0.4, -0.2) is 40.6 Å². The summed E-state index contributed by atoms with van der Waals surface area (Å²) in [6, 6.07) is 6.49. The molecule has 2 aliphatic rings.